The summed E-state index contributed by atoms with van der Waals surface area (Å²) in [7, 11) is 0. The number of hydrogen-bond acceptors (Lipinski definition) is 3. The number of hydrogen-bond donors (Lipinski definition) is 2. The van der Waals surface area contributed by atoms with Crippen LogP contribution in [-0.2, 0) is 24.3 Å². The monoisotopic (exact) mass is 329 g/mol. The Bertz CT molecular complexity index is 745. The average Bonchev–Trinajstić information content (AvgIpc) is 2.60. The van der Waals surface area contributed by atoms with Gasteiger partial charge < -0.3 is 20.5 Å². The van der Waals surface area contributed by atoms with E-state index in [9.17, 15) is 4.39 Å². The lowest BCUT2D eigenvalue weighted by atomic mass is 10.1. The third-order valence-electron chi connectivity index (χ3n) is 3.81. The van der Waals surface area contributed by atoms with Gasteiger partial charge in [0.15, 0.2) is 12.8 Å². The van der Waals surface area contributed by atoms with Crippen molar-refractivity contribution in [3.8, 4) is 5.75 Å². The van der Waals surface area contributed by atoms with E-state index in [1.165, 1.54) is 17.7 Å². The second-order valence-corrected chi connectivity index (χ2v) is 5.54. The Morgan fingerprint density at radius 2 is 2.08 bits per heavy atom. The molecule has 3 rings (SSSR count). The lowest BCUT2D eigenvalue weighted by Crippen LogP contribution is -2.22. The number of ether oxygens (including phenoxy) is 2. The first kappa shape index (κ1) is 16.3. The molecule has 0 amide bonds. The average molecular weight is 329 g/mol. The van der Waals surface area contributed by atoms with Gasteiger partial charge in [-0.25, -0.2) is 9.38 Å². The largest absolute Gasteiger partial charge is 0.467 e. The molecule has 0 atom stereocenters. The number of benzene rings is 2. The van der Waals surface area contributed by atoms with Crippen molar-refractivity contribution in [2.75, 3.05) is 12.1 Å². The summed E-state index contributed by atoms with van der Waals surface area (Å²) in [6, 6.07) is 10.8. The van der Waals surface area contributed by atoms with Crippen molar-refractivity contribution in [2.24, 2.45) is 10.7 Å². The van der Waals surface area contributed by atoms with Crippen LogP contribution in [0.25, 0.3) is 0 Å². The van der Waals surface area contributed by atoms with Gasteiger partial charge in [0.05, 0.1) is 13.2 Å². The van der Waals surface area contributed by atoms with Gasteiger partial charge in [-0.3, -0.25) is 0 Å². The molecule has 126 valence electrons. The Morgan fingerprint density at radius 3 is 2.83 bits per heavy atom. The summed E-state index contributed by atoms with van der Waals surface area (Å²) in [6.45, 7) is 2.82. The maximum atomic E-state index is 13.7. The highest BCUT2D eigenvalue weighted by Gasteiger charge is 2.16. The Kier molecular flexibility index (Phi) is 4.96. The van der Waals surface area contributed by atoms with Gasteiger partial charge in [-0.2, -0.15) is 0 Å². The molecular weight excluding hydrogens is 309 g/mol. The smallest absolute Gasteiger partial charge is 0.193 e. The maximum Gasteiger partial charge on any atom is 0.193 e. The van der Waals surface area contributed by atoms with Gasteiger partial charge in [-0.1, -0.05) is 19.1 Å². The summed E-state index contributed by atoms with van der Waals surface area (Å²) in [6.07, 6.45) is 0.984. The molecule has 0 unspecified atom stereocenters. The molecule has 2 aromatic carbocycles. The molecule has 0 aliphatic carbocycles. The lowest BCUT2D eigenvalue weighted by Gasteiger charge is -2.20. The number of nitrogens with one attached hydrogen (secondary N) is 1. The predicted molar refractivity (Wildman–Crippen MR) is 91.5 cm³/mol. The molecule has 24 heavy (non-hydrogen) atoms. The van der Waals surface area contributed by atoms with Crippen molar-refractivity contribution < 1.29 is 13.9 Å². The summed E-state index contributed by atoms with van der Waals surface area (Å²) >= 11 is 0. The Balaban J connectivity index is 1.71. The standard InChI is InChI=1S/C18H20FN3O2/c1-2-12-3-5-16(6-4-12)22-18(20)21-9-13-7-15(19)8-14-10-23-11-24-17(13)14/h3-8H,2,9-11H2,1H3,(H3,20,21,22). The minimum Gasteiger partial charge on any atom is -0.467 e. The zero-order chi connectivity index (χ0) is 16.9. The van der Waals surface area contributed by atoms with Crippen LogP contribution in [0.1, 0.15) is 23.6 Å². The van der Waals surface area contributed by atoms with E-state index in [4.69, 9.17) is 15.2 Å². The zero-order valence-corrected chi connectivity index (χ0v) is 13.5. The Labute approximate surface area is 140 Å². The molecular formula is C18H20FN3O2. The Hall–Kier alpha value is -2.60. The van der Waals surface area contributed by atoms with Crippen LogP contribution in [0.4, 0.5) is 10.1 Å². The van der Waals surface area contributed by atoms with Crippen LogP contribution in [0, 0.1) is 5.82 Å². The van der Waals surface area contributed by atoms with E-state index in [1.54, 1.807) is 0 Å². The summed E-state index contributed by atoms with van der Waals surface area (Å²) < 4.78 is 24.3. The van der Waals surface area contributed by atoms with Gasteiger partial charge in [0.1, 0.15) is 11.6 Å². The highest BCUT2D eigenvalue weighted by Crippen LogP contribution is 2.29. The van der Waals surface area contributed by atoms with Crippen LogP contribution in [0.2, 0.25) is 0 Å². The first-order chi connectivity index (χ1) is 11.7. The summed E-state index contributed by atoms with van der Waals surface area (Å²) in [5, 5.41) is 3.03. The van der Waals surface area contributed by atoms with Crippen molar-refractivity contribution in [3.05, 3.63) is 58.9 Å². The van der Waals surface area contributed by atoms with Crippen molar-refractivity contribution in [1.82, 2.24) is 0 Å². The van der Waals surface area contributed by atoms with Crippen LogP contribution in [-0.4, -0.2) is 12.8 Å². The topological polar surface area (TPSA) is 68.9 Å². The quantitative estimate of drug-likeness (QED) is 0.668. The molecule has 6 heteroatoms. The minimum atomic E-state index is -0.338. The Morgan fingerprint density at radius 1 is 1.29 bits per heavy atom. The lowest BCUT2D eigenvalue weighted by molar-refractivity contribution is -0.0172. The fourth-order valence-corrected chi connectivity index (χ4v) is 2.56. The summed E-state index contributed by atoms with van der Waals surface area (Å²) in [5.74, 6) is 0.561. The number of fused-ring (bicyclic) bond motifs is 1. The number of nitrogens with zero attached hydrogens (tertiary/aromatic N) is 1. The number of nitrogens with two attached hydrogens (primary N) is 1. The van der Waals surface area contributed by atoms with E-state index in [-0.39, 0.29) is 25.1 Å². The molecule has 1 aliphatic rings. The maximum absolute atomic E-state index is 13.7. The first-order valence-electron chi connectivity index (χ1n) is 7.83. The van der Waals surface area contributed by atoms with E-state index >= 15 is 0 Å². The number of guanidine groups is 1. The zero-order valence-electron chi connectivity index (χ0n) is 13.5. The normalized spacial score (nSPS) is 14.0. The SMILES string of the molecule is CCc1ccc(NC(N)=NCc2cc(F)cc3c2OCOC3)cc1. The molecule has 0 saturated heterocycles. The van der Waals surface area contributed by atoms with Crippen LogP contribution >= 0.6 is 0 Å². The molecule has 0 saturated carbocycles. The number of aryl methyl sites for hydroxylation is 1. The van der Waals surface area contributed by atoms with Gasteiger partial charge in [0.25, 0.3) is 0 Å². The number of halogens is 1. The van der Waals surface area contributed by atoms with Gasteiger partial charge in [-0.15, -0.1) is 0 Å². The van der Waals surface area contributed by atoms with E-state index < -0.39 is 0 Å². The number of aliphatic imine (C=N–C) groups is 1. The van der Waals surface area contributed by atoms with Crippen molar-refractivity contribution in [2.45, 2.75) is 26.5 Å². The molecule has 5 nitrogen and oxygen atoms in total. The molecule has 3 N–H and O–H groups in total. The van der Waals surface area contributed by atoms with Gasteiger partial charge >= 0.3 is 0 Å². The van der Waals surface area contributed by atoms with Crippen LogP contribution < -0.4 is 15.8 Å². The minimum absolute atomic E-state index is 0.160. The highest BCUT2D eigenvalue weighted by atomic mass is 19.1. The number of rotatable bonds is 4. The molecule has 0 fully saturated rings. The molecule has 0 radical (unpaired) electrons. The summed E-state index contributed by atoms with van der Waals surface area (Å²) in [4.78, 5) is 4.28. The van der Waals surface area contributed by atoms with E-state index in [1.807, 2.05) is 24.3 Å². The molecule has 1 aliphatic heterocycles. The fraction of sp³-hybridized carbons (Fsp3) is 0.278. The van der Waals surface area contributed by atoms with E-state index in [0.29, 0.717) is 23.5 Å². The second-order valence-electron chi connectivity index (χ2n) is 5.54. The van der Waals surface area contributed by atoms with E-state index in [2.05, 4.69) is 17.2 Å². The van der Waals surface area contributed by atoms with Crippen molar-refractivity contribution >= 4 is 11.6 Å². The molecule has 0 bridgehead atoms. The third-order valence-corrected chi connectivity index (χ3v) is 3.81. The van der Waals surface area contributed by atoms with Crippen LogP contribution in [0.3, 0.4) is 0 Å². The predicted octanol–water partition coefficient (Wildman–Crippen LogP) is 3.18. The molecule has 0 spiro atoms. The fourth-order valence-electron chi connectivity index (χ4n) is 2.56. The molecule has 2 aromatic rings. The third kappa shape index (κ3) is 3.83. The van der Waals surface area contributed by atoms with Gasteiger partial charge in [0, 0.05) is 16.8 Å². The summed E-state index contributed by atoms with van der Waals surface area (Å²) in [5.41, 5.74) is 9.37. The highest BCUT2D eigenvalue weighted by molar-refractivity contribution is 5.92. The van der Waals surface area contributed by atoms with Crippen LogP contribution in [0.15, 0.2) is 41.4 Å². The first-order valence-corrected chi connectivity index (χ1v) is 7.83. The number of anilines is 1. The van der Waals surface area contributed by atoms with Gasteiger partial charge in [-0.05, 0) is 36.2 Å². The van der Waals surface area contributed by atoms with E-state index in [0.717, 1.165) is 12.1 Å². The van der Waals surface area contributed by atoms with Crippen molar-refractivity contribution in [1.29, 1.82) is 0 Å². The van der Waals surface area contributed by atoms with Gasteiger partial charge in [0.2, 0.25) is 0 Å². The second kappa shape index (κ2) is 7.31. The van der Waals surface area contributed by atoms with Crippen LogP contribution in [0.5, 0.6) is 5.75 Å². The molecule has 0 aromatic heterocycles. The molecule has 1 heterocycles. The van der Waals surface area contributed by atoms with Crippen molar-refractivity contribution in [3.63, 3.8) is 0 Å².